The van der Waals surface area contributed by atoms with Gasteiger partial charge < -0.3 is 0 Å². The molecule has 0 aliphatic heterocycles. The number of rotatable bonds is 4. The standard InChI is InChI=1S/C40H26/c1-5-13-27(14-6-1)35-25-36(28-15-7-2-8-16-28)32-23-24-34-38(30-19-11-4-12-20-30)26-37(29-17-9-3-10-18-29)33-22-21-31(35)39(32)40(33)34/h1-26H. The van der Waals surface area contributed by atoms with Gasteiger partial charge >= 0.3 is 0 Å². The smallest absolute Gasteiger partial charge is 0.00139 e. The predicted molar refractivity (Wildman–Crippen MR) is 172 cm³/mol. The van der Waals surface area contributed by atoms with Gasteiger partial charge in [0.1, 0.15) is 0 Å². The molecule has 0 spiro atoms. The molecule has 40 heavy (non-hydrogen) atoms. The van der Waals surface area contributed by atoms with E-state index in [2.05, 4.69) is 158 Å². The van der Waals surface area contributed by atoms with Gasteiger partial charge in [-0.05, 0) is 89.0 Å². The zero-order valence-corrected chi connectivity index (χ0v) is 22.0. The van der Waals surface area contributed by atoms with Crippen molar-refractivity contribution in [2.45, 2.75) is 0 Å². The van der Waals surface area contributed by atoms with E-state index in [9.17, 15) is 0 Å². The first-order valence-electron chi connectivity index (χ1n) is 13.9. The Labute approximate surface area is 234 Å². The summed E-state index contributed by atoms with van der Waals surface area (Å²) in [6.45, 7) is 0. The monoisotopic (exact) mass is 506 g/mol. The lowest BCUT2D eigenvalue weighted by molar-refractivity contribution is 1.62. The molecule has 0 aliphatic carbocycles. The van der Waals surface area contributed by atoms with Gasteiger partial charge in [0.15, 0.2) is 0 Å². The van der Waals surface area contributed by atoms with E-state index in [4.69, 9.17) is 0 Å². The summed E-state index contributed by atoms with van der Waals surface area (Å²) in [7, 11) is 0. The molecule has 0 bridgehead atoms. The molecule has 0 aliphatic rings. The number of hydrogen-bond donors (Lipinski definition) is 0. The second-order valence-electron chi connectivity index (χ2n) is 10.5. The van der Waals surface area contributed by atoms with E-state index < -0.39 is 0 Å². The van der Waals surface area contributed by atoms with E-state index in [1.165, 1.54) is 76.8 Å². The lowest BCUT2D eigenvalue weighted by Crippen LogP contribution is -1.94. The van der Waals surface area contributed by atoms with Gasteiger partial charge in [0.25, 0.3) is 0 Å². The van der Waals surface area contributed by atoms with Gasteiger partial charge in [-0.25, -0.2) is 0 Å². The van der Waals surface area contributed by atoms with Gasteiger partial charge in [0.05, 0.1) is 0 Å². The average Bonchev–Trinajstić information content (AvgIpc) is 3.04. The van der Waals surface area contributed by atoms with Crippen LogP contribution in [0.4, 0.5) is 0 Å². The summed E-state index contributed by atoms with van der Waals surface area (Å²) in [5.74, 6) is 0. The first kappa shape index (κ1) is 22.8. The summed E-state index contributed by atoms with van der Waals surface area (Å²) in [6.07, 6.45) is 0. The van der Waals surface area contributed by atoms with E-state index in [1.54, 1.807) is 0 Å². The lowest BCUT2D eigenvalue weighted by Gasteiger charge is -2.21. The van der Waals surface area contributed by atoms with Crippen molar-refractivity contribution in [3.63, 3.8) is 0 Å². The lowest BCUT2D eigenvalue weighted by atomic mass is 9.82. The fourth-order valence-corrected chi connectivity index (χ4v) is 6.42. The van der Waals surface area contributed by atoms with E-state index in [0.29, 0.717) is 0 Å². The summed E-state index contributed by atoms with van der Waals surface area (Å²) in [6, 6.07) is 57.4. The first-order chi connectivity index (χ1) is 19.9. The normalized spacial score (nSPS) is 11.5. The highest BCUT2D eigenvalue weighted by Gasteiger charge is 2.20. The van der Waals surface area contributed by atoms with Gasteiger partial charge in [-0.2, -0.15) is 0 Å². The zero-order chi connectivity index (χ0) is 26.5. The molecule has 0 N–H and O–H groups in total. The molecular formula is C40H26. The van der Waals surface area contributed by atoms with Crippen molar-refractivity contribution in [1.29, 1.82) is 0 Å². The Morgan fingerprint density at radius 1 is 0.225 bits per heavy atom. The molecule has 8 aromatic rings. The van der Waals surface area contributed by atoms with Crippen LogP contribution in [0.5, 0.6) is 0 Å². The SMILES string of the molecule is c1ccc(-c2cc(-c3ccccc3)c3ccc4c(-c5ccccc5)cc(-c5ccccc5)c5ccc2c3c54)cc1. The van der Waals surface area contributed by atoms with Crippen molar-refractivity contribution in [3.05, 3.63) is 158 Å². The van der Waals surface area contributed by atoms with Gasteiger partial charge in [0, 0.05) is 0 Å². The maximum atomic E-state index is 2.39. The molecule has 0 atom stereocenters. The van der Waals surface area contributed by atoms with Crippen LogP contribution < -0.4 is 0 Å². The molecule has 186 valence electrons. The molecule has 0 amide bonds. The zero-order valence-electron chi connectivity index (χ0n) is 22.0. The Morgan fingerprint density at radius 2 is 0.450 bits per heavy atom. The van der Waals surface area contributed by atoms with Crippen molar-refractivity contribution >= 4 is 32.3 Å². The van der Waals surface area contributed by atoms with Gasteiger partial charge in [-0.3, -0.25) is 0 Å². The largest absolute Gasteiger partial charge is 0.0622 e. The maximum Gasteiger partial charge on any atom is -0.00139 e. The predicted octanol–water partition coefficient (Wildman–Crippen LogP) is 11.3. The molecule has 0 aromatic heterocycles. The molecule has 0 fully saturated rings. The Balaban J connectivity index is 1.60. The van der Waals surface area contributed by atoms with Crippen molar-refractivity contribution in [3.8, 4) is 44.5 Å². The average molecular weight is 507 g/mol. The second-order valence-corrected chi connectivity index (χ2v) is 10.5. The third kappa shape index (κ3) is 3.54. The Bertz CT molecular complexity index is 1800. The van der Waals surface area contributed by atoms with Crippen LogP contribution in [0.2, 0.25) is 0 Å². The van der Waals surface area contributed by atoms with Gasteiger partial charge in [-0.15, -0.1) is 0 Å². The second kappa shape index (κ2) is 9.22. The van der Waals surface area contributed by atoms with Crippen molar-refractivity contribution < 1.29 is 0 Å². The third-order valence-corrected chi connectivity index (χ3v) is 8.24. The van der Waals surface area contributed by atoms with E-state index in [-0.39, 0.29) is 0 Å². The van der Waals surface area contributed by atoms with Crippen LogP contribution in [-0.2, 0) is 0 Å². The van der Waals surface area contributed by atoms with E-state index in [1.807, 2.05) is 0 Å². The van der Waals surface area contributed by atoms with Crippen LogP contribution in [0.25, 0.3) is 76.8 Å². The topological polar surface area (TPSA) is 0 Å². The number of hydrogen-bond acceptors (Lipinski definition) is 0. The highest BCUT2D eigenvalue weighted by Crippen LogP contribution is 2.48. The van der Waals surface area contributed by atoms with Crippen molar-refractivity contribution in [2.75, 3.05) is 0 Å². The summed E-state index contributed by atoms with van der Waals surface area (Å²) >= 11 is 0. The summed E-state index contributed by atoms with van der Waals surface area (Å²) in [5.41, 5.74) is 10.0. The summed E-state index contributed by atoms with van der Waals surface area (Å²) in [5, 5.41) is 7.85. The molecule has 0 heteroatoms. The quantitative estimate of drug-likeness (QED) is 0.208. The van der Waals surface area contributed by atoms with Crippen LogP contribution in [0, 0.1) is 0 Å². The van der Waals surface area contributed by atoms with Crippen LogP contribution in [0.15, 0.2) is 158 Å². The minimum atomic E-state index is 1.24. The molecule has 8 rings (SSSR count). The van der Waals surface area contributed by atoms with Crippen LogP contribution in [0.3, 0.4) is 0 Å². The van der Waals surface area contributed by atoms with Gasteiger partial charge in [0.2, 0.25) is 0 Å². The van der Waals surface area contributed by atoms with Crippen molar-refractivity contribution in [1.82, 2.24) is 0 Å². The molecule has 8 aromatic carbocycles. The third-order valence-electron chi connectivity index (χ3n) is 8.24. The fourth-order valence-electron chi connectivity index (χ4n) is 6.42. The summed E-state index contributed by atoms with van der Waals surface area (Å²) in [4.78, 5) is 0. The highest BCUT2D eigenvalue weighted by molar-refractivity contribution is 6.31. The highest BCUT2D eigenvalue weighted by atomic mass is 14.2. The number of benzene rings is 8. The molecule has 0 nitrogen and oxygen atoms in total. The molecular weight excluding hydrogens is 480 g/mol. The molecule has 0 heterocycles. The Kier molecular flexibility index (Phi) is 5.24. The molecule has 0 saturated heterocycles. The van der Waals surface area contributed by atoms with E-state index >= 15 is 0 Å². The Hall–Kier alpha value is -5.20. The van der Waals surface area contributed by atoms with Crippen molar-refractivity contribution in [2.24, 2.45) is 0 Å². The van der Waals surface area contributed by atoms with Crippen LogP contribution in [0.1, 0.15) is 0 Å². The van der Waals surface area contributed by atoms with Crippen LogP contribution in [-0.4, -0.2) is 0 Å². The maximum absolute atomic E-state index is 2.39. The Morgan fingerprint density at radius 3 is 0.675 bits per heavy atom. The molecule has 0 unspecified atom stereocenters. The molecule has 0 radical (unpaired) electrons. The molecule has 0 saturated carbocycles. The fraction of sp³-hybridized carbons (Fsp3) is 0. The van der Waals surface area contributed by atoms with E-state index in [0.717, 1.165) is 0 Å². The first-order valence-corrected chi connectivity index (χ1v) is 13.9. The van der Waals surface area contributed by atoms with Crippen LogP contribution >= 0.6 is 0 Å². The van der Waals surface area contributed by atoms with Gasteiger partial charge in [-0.1, -0.05) is 146 Å². The summed E-state index contributed by atoms with van der Waals surface area (Å²) < 4.78 is 0. The minimum absolute atomic E-state index is 1.24. The minimum Gasteiger partial charge on any atom is -0.0622 e.